The number of rotatable bonds is 4. The average Bonchev–Trinajstić information content (AvgIpc) is 3.11. The molecule has 0 unspecified atom stereocenters. The van der Waals surface area contributed by atoms with Crippen LogP contribution in [0.3, 0.4) is 0 Å². The topological polar surface area (TPSA) is 54.1 Å². The van der Waals surface area contributed by atoms with Crippen LogP contribution in [0.25, 0.3) is 55.2 Å². The smallest absolute Gasteiger partial charge is 0.512 e. The van der Waals surface area contributed by atoms with Crippen molar-refractivity contribution in [3.8, 4) is 33.6 Å². The molecule has 0 spiro atoms. The van der Waals surface area contributed by atoms with Gasteiger partial charge in [-0.2, -0.15) is 0 Å². The van der Waals surface area contributed by atoms with Crippen molar-refractivity contribution in [1.82, 2.24) is 4.98 Å². The quantitative estimate of drug-likeness (QED) is 0.0631. The van der Waals surface area contributed by atoms with E-state index in [1.54, 1.807) is 0 Å². The third-order valence-corrected chi connectivity index (χ3v) is 8.35. The van der Waals surface area contributed by atoms with Crippen LogP contribution in [0.2, 0.25) is 0 Å². The van der Waals surface area contributed by atoms with Gasteiger partial charge in [-0.15, -0.1) is 65.2 Å². The first-order chi connectivity index (χ1) is 24.4. The molecule has 5 aromatic carbocycles. The summed E-state index contributed by atoms with van der Waals surface area (Å²) in [5.74, 6) is -0.0625. The fourth-order valence-corrected chi connectivity index (χ4v) is 5.72. The van der Waals surface area contributed by atoms with Gasteiger partial charge < -0.3 is 14.7 Å². The van der Waals surface area contributed by atoms with Gasteiger partial charge in [-0.1, -0.05) is 112 Å². The van der Waals surface area contributed by atoms with E-state index in [9.17, 15) is 4.79 Å². The van der Waals surface area contributed by atoms with Crippen molar-refractivity contribution in [3.63, 3.8) is 0 Å². The molecule has 0 atom stereocenters. The largest absolute Gasteiger partial charge is 3.00 e. The second-order valence-electron chi connectivity index (χ2n) is 13.6. The number of hydrogen-bond donors (Lipinski definition) is 1. The number of hydrogen-bond acceptors (Lipinski definition) is 3. The van der Waals surface area contributed by atoms with E-state index in [1.165, 1.54) is 63.7 Å². The van der Waals surface area contributed by atoms with E-state index in [4.69, 9.17) is 5.11 Å². The molecule has 7 aromatic rings. The maximum absolute atomic E-state index is 10.0. The molecule has 2 heterocycles. The monoisotopic (exact) mass is 861 g/mol. The molecule has 0 saturated carbocycles. The molecule has 0 bridgehead atoms. The van der Waals surface area contributed by atoms with E-state index in [1.807, 2.05) is 29.0 Å². The second kappa shape index (κ2) is 17.7. The van der Waals surface area contributed by atoms with Crippen LogP contribution >= 0.6 is 0 Å². The number of carbonyl (C=O) groups excluding carboxylic acids is 1. The molecule has 52 heavy (non-hydrogen) atoms. The van der Waals surface area contributed by atoms with Gasteiger partial charge in [0.05, 0.1) is 12.0 Å². The summed E-state index contributed by atoms with van der Waals surface area (Å²) in [7, 11) is 4.15. The molecule has 5 heteroatoms. The first-order valence-electron chi connectivity index (χ1n) is 17.0. The number of carbonyl (C=O) groups is 1. The van der Waals surface area contributed by atoms with Crippen LogP contribution in [0.4, 0.5) is 0 Å². The summed E-state index contributed by atoms with van der Waals surface area (Å²) in [6.45, 7) is 11.5. The molecule has 0 aliphatic carbocycles. The van der Waals surface area contributed by atoms with Crippen LogP contribution in [0.1, 0.15) is 45.7 Å². The molecule has 4 nitrogen and oxygen atoms in total. The second-order valence-corrected chi connectivity index (χ2v) is 13.6. The van der Waals surface area contributed by atoms with E-state index < -0.39 is 0 Å². The predicted octanol–water partition coefficient (Wildman–Crippen LogP) is 11.2. The number of aliphatic hydroxyl groups excluding tert-OH is 1. The Morgan fingerprint density at radius 1 is 0.769 bits per heavy atom. The van der Waals surface area contributed by atoms with Gasteiger partial charge in [0.2, 0.25) is 0 Å². The van der Waals surface area contributed by atoms with Crippen LogP contribution in [0, 0.1) is 26.1 Å². The Morgan fingerprint density at radius 3 is 2.08 bits per heavy atom. The zero-order valence-corrected chi connectivity index (χ0v) is 33.0. The summed E-state index contributed by atoms with van der Waals surface area (Å²) >= 11 is 0. The van der Waals surface area contributed by atoms with Gasteiger partial charge >= 0.3 is 20.1 Å². The van der Waals surface area contributed by atoms with Crippen molar-refractivity contribution >= 4 is 27.3 Å². The number of aromatic nitrogens is 2. The molecular weight excluding hydrogens is 817 g/mol. The number of allylic oxidation sites excluding steroid dienone is 2. The molecule has 0 fully saturated rings. The first-order valence-corrected chi connectivity index (χ1v) is 17.0. The minimum absolute atomic E-state index is 0. The Hall–Kier alpha value is -5.35. The Bertz CT molecular complexity index is 2300. The normalized spacial score (nSPS) is 11.1. The third-order valence-electron chi connectivity index (χ3n) is 8.35. The van der Waals surface area contributed by atoms with Gasteiger partial charge in [-0.05, 0) is 63.7 Å². The van der Waals surface area contributed by atoms with Crippen LogP contribution in [-0.4, -0.2) is 15.9 Å². The van der Waals surface area contributed by atoms with Gasteiger partial charge in [0.15, 0.2) is 5.78 Å². The van der Waals surface area contributed by atoms with E-state index >= 15 is 0 Å². The number of nitrogens with zero attached hydrogens (tertiary/aromatic N) is 2. The Balaban J connectivity index is 0.000000194. The third kappa shape index (κ3) is 10.4. The van der Waals surface area contributed by atoms with E-state index in [0.717, 1.165) is 22.5 Å². The fraction of sp³-hybridized carbons (Fsp3) is 0.149. The number of aryl methyl sites for hydroxylation is 1. The molecule has 0 aliphatic heterocycles. The van der Waals surface area contributed by atoms with Crippen LogP contribution in [0.5, 0.6) is 0 Å². The SMILES string of the molecule is CC(=O)/C=C(/C)O.CC(C)(C)c1ccc(-c2[c-]ccc(-c3ccccc3)c2)nc1.[CH2-][n+]1cc2ccc3ccccc3c2cc1-c1[c-]ccc(C)c1.[Ir+3]. The zero-order valence-electron chi connectivity index (χ0n) is 30.6. The molecule has 0 radical (unpaired) electrons. The number of aliphatic hydroxyl groups is 1. The Morgan fingerprint density at radius 2 is 1.44 bits per heavy atom. The van der Waals surface area contributed by atoms with E-state index in [0.29, 0.717) is 0 Å². The molecule has 0 aliphatic rings. The van der Waals surface area contributed by atoms with Crippen LogP contribution in [0.15, 0.2) is 146 Å². The van der Waals surface area contributed by atoms with Gasteiger partial charge in [0.1, 0.15) is 5.69 Å². The number of fused-ring (bicyclic) bond motifs is 3. The summed E-state index contributed by atoms with van der Waals surface area (Å²) in [6.07, 6.45) is 5.23. The maximum atomic E-state index is 10.0. The number of benzene rings is 5. The molecular formula is C47H44IrN2O2+. The van der Waals surface area contributed by atoms with Crippen molar-refractivity contribution in [2.24, 2.45) is 0 Å². The summed E-state index contributed by atoms with van der Waals surface area (Å²) in [5, 5.41) is 13.3. The summed E-state index contributed by atoms with van der Waals surface area (Å²) < 4.78 is 1.93. The standard InChI is InChI=1S/C21H16N.C21H20N.C5H8O2.Ir/c1-15-6-5-8-17(12-15)21-13-20-18(14-22(21)2)11-10-16-7-3-4-9-19(16)20;1-21(2,3)19-12-13-20(22-15-19)18-11-7-10-17(14-18)16-8-5-4-6-9-16;1-4(6)3-5(2)7;/h3-7,9-14H,2H2,1H3;4-10,12-15H,1-3H3;3,6H,1-2H3;/q2*-1;;+3/b;;4-3-;. The number of pyridine rings is 2. The molecule has 2 aromatic heterocycles. The van der Waals surface area contributed by atoms with E-state index in [2.05, 4.69) is 161 Å². The van der Waals surface area contributed by atoms with Crippen LogP contribution in [-0.2, 0) is 30.3 Å². The Kier molecular flexibility index (Phi) is 13.4. The van der Waals surface area contributed by atoms with Gasteiger partial charge in [-0.3, -0.25) is 4.79 Å². The summed E-state index contributed by atoms with van der Waals surface area (Å²) in [4.78, 5) is 14.6. The number of ketones is 1. The average molecular weight is 861 g/mol. The predicted molar refractivity (Wildman–Crippen MR) is 211 cm³/mol. The van der Waals surface area contributed by atoms with Crippen molar-refractivity contribution in [2.75, 3.05) is 0 Å². The molecule has 1 N–H and O–H groups in total. The fourth-order valence-electron chi connectivity index (χ4n) is 5.72. The minimum Gasteiger partial charge on any atom is -0.512 e. The Labute approximate surface area is 321 Å². The summed E-state index contributed by atoms with van der Waals surface area (Å²) in [5.41, 5.74) is 9.15. The van der Waals surface area contributed by atoms with Crippen LogP contribution < -0.4 is 4.57 Å². The van der Waals surface area contributed by atoms with Gasteiger partial charge in [0, 0.05) is 19.3 Å². The molecule has 7 rings (SSSR count). The molecule has 0 amide bonds. The van der Waals surface area contributed by atoms with Gasteiger partial charge in [0.25, 0.3) is 0 Å². The minimum atomic E-state index is -0.125. The first kappa shape index (κ1) is 39.4. The molecule has 0 saturated heterocycles. The van der Waals surface area contributed by atoms with Gasteiger partial charge in [-0.25, -0.2) is 0 Å². The zero-order chi connectivity index (χ0) is 36.5. The van der Waals surface area contributed by atoms with Crippen molar-refractivity contribution < 1.29 is 34.6 Å². The van der Waals surface area contributed by atoms with Crippen molar-refractivity contribution in [2.45, 2.75) is 47.0 Å². The summed E-state index contributed by atoms with van der Waals surface area (Å²) in [6, 6.07) is 48.7. The van der Waals surface area contributed by atoms with Crippen molar-refractivity contribution in [1.29, 1.82) is 0 Å². The maximum Gasteiger partial charge on any atom is 3.00 e. The van der Waals surface area contributed by atoms with E-state index in [-0.39, 0.29) is 37.1 Å². The van der Waals surface area contributed by atoms with Crippen molar-refractivity contribution in [3.05, 3.63) is 176 Å². The molecule has 262 valence electrons.